The van der Waals surface area contributed by atoms with Crippen LogP contribution >= 0.6 is 15.9 Å². The Hall–Kier alpha value is -0.980. The lowest BCUT2D eigenvalue weighted by atomic mass is 9.84. The lowest BCUT2D eigenvalue weighted by Crippen LogP contribution is -2.43. The number of nitrogens with zero attached hydrogens (tertiary/aromatic N) is 2. The molecule has 0 saturated heterocycles. The zero-order valence-electron chi connectivity index (χ0n) is 14.2. The number of hydrogen-bond donors (Lipinski definition) is 1. The van der Waals surface area contributed by atoms with Crippen LogP contribution in [0.2, 0.25) is 0 Å². The van der Waals surface area contributed by atoms with Crippen molar-refractivity contribution in [3.63, 3.8) is 0 Å². The van der Waals surface area contributed by atoms with Crippen LogP contribution in [0.4, 0.5) is 8.78 Å². The highest BCUT2D eigenvalue weighted by Gasteiger charge is 2.42. The van der Waals surface area contributed by atoms with E-state index in [1.165, 1.54) is 30.4 Å². The van der Waals surface area contributed by atoms with E-state index in [1.807, 2.05) is 0 Å². The summed E-state index contributed by atoms with van der Waals surface area (Å²) in [7, 11) is 0. The van der Waals surface area contributed by atoms with Crippen LogP contribution in [-0.2, 0) is 4.79 Å². The fraction of sp³-hybridized carbons (Fsp3) is 0.765. The van der Waals surface area contributed by atoms with E-state index in [0.29, 0.717) is 11.6 Å². The normalized spacial score (nSPS) is 28.4. The Kier molecular flexibility index (Phi) is 5.00. The van der Waals surface area contributed by atoms with Gasteiger partial charge in [-0.25, -0.2) is 8.78 Å². The minimum Gasteiger partial charge on any atom is -0.352 e. The Morgan fingerprint density at radius 2 is 2.04 bits per heavy atom. The van der Waals surface area contributed by atoms with E-state index in [9.17, 15) is 13.6 Å². The van der Waals surface area contributed by atoms with Crippen molar-refractivity contribution in [3.8, 4) is 0 Å². The zero-order chi connectivity index (χ0) is 17.6. The molecular formula is C17H24BrF2N3O. The summed E-state index contributed by atoms with van der Waals surface area (Å²) < 4.78 is 27.6. The maximum absolute atomic E-state index is 13.0. The smallest absolute Gasteiger partial charge is 0.283 e. The first-order valence-electron chi connectivity index (χ1n) is 8.62. The fourth-order valence-corrected chi connectivity index (χ4v) is 4.94. The first-order valence-corrected chi connectivity index (χ1v) is 9.41. The van der Waals surface area contributed by atoms with Gasteiger partial charge in [0.25, 0.3) is 6.43 Å². The van der Waals surface area contributed by atoms with Crippen molar-refractivity contribution in [1.82, 2.24) is 15.1 Å². The van der Waals surface area contributed by atoms with Gasteiger partial charge in [0.05, 0.1) is 10.2 Å². The Bertz CT molecular complexity index is 634. The van der Waals surface area contributed by atoms with Crippen molar-refractivity contribution in [2.45, 2.75) is 65.0 Å². The highest BCUT2D eigenvalue weighted by Crippen LogP contribution is 2.49. The summed E-state index contributed by atoms with van der Waals surface area (Å²) in [5, 5.41) is 7.02. The Balaban J connectivity index is 1.68. The number of carbonyl (C=O) groups is 1. The van der Waals surface area contributed by atoms with Gasteiger partial charge >= 0.3 is 0 Å². The molecule has 3 rings (SSSR count). The van der Waals surface area contributed by atoms with E-state index in [2.05, 4.69) is 33.3 Å². The summed E-state index contributed by atoms with van der Waals surface area (Å²) in [6, 6.07) is -0.501. The molecule has 5 atom stereocenters. The van der Waals surface area contributed by atoms with E-state index in [0.717, 1.165) is 11.8 Å². The standard InChI is InChI=1S/C17H24BrF2N3O/c1-8(13-7-11-4-5-12(13)6-11)21-17(24)10(3)23-9(2)14(18)15(22-23)16(19)20/h8,10-13,16H,4-7H2,1-3H3,(H,21,24)/t8-,10+,11+,12+,13-/m0/s1. The third kappa shape index (κ3) is 3.11. The first-order chi connectivity index (χ1) is 11.3. The molecule has 2 saturated carbocycles. The minimum atomic E-state index is -2.66. The third-order valence-electron chi connectivity index (χ3n) is 5.86. The molecule has 2 aliphatic rings. The number of fused-ring (bicyclic) bond motifs is 2. The molecule has 0 radical (unpaired) electrons. The second-order valence-electron chi connectivity index (χ2n) is 7.34. The summed E-state index contributed by atoms with van der Waals surface area (Å²) in [4.78, 5) is 12.6. The largest absolute Gasteiger partial charge is 0.352 e. The van der Waals surface area contributed by atoms with Crippen molar-refractivity contribution in [1.29, 1.82) is 0 Å². The monoisotopic (exact) mass is 403 g/mol. The summed E-state index contributed by atoms with van der Waals surface area (Å²) in [6.45, 7) is 5.45. The van der Waals surface area contributed by atoms with Gasteiger partial charge in [0.2, 0.25) is 5.91 Å². The molecule has 24 heavy (non-hydrogen) atoms. The molecule has 1 heterocycles. The summed E-state index contributed by atoms with van der Waals surface area (Å²) >= 11 is 3.15. The topological polar surface area (TPSA) is 46.9 Å². The summed E-state index contributed by atoms with van der Waals surface area (Å²) in [6.07, 6.45) is 2.43. The summed E-state index contributed by atoms with van der Waals surface area (Å²) in [5.41, 5.74) is 0.230. The molecule has 2 bridgehead atoms. The molecule has 0 spiro atoms. The molecule has 1 aromatic heterocycles. The molecule has 134 valence electrons. The van der Waals surface area contributed by atoms with Crippen LogP contribution in [-0.4, -0.2) is 21.7 Å². The van der Waals surface area contributed by atoms with Crippen LogP contribution < -0.4 is 5.32 Å². The number of aromatic nitrogens is 2. The minimum absolute atomic E-state index is 0.115. The molecule has 1 aromatic rings. The number of nitrogens with one attached hydrogen (secondary N) is 1. The molecule has 0 aliphatic heterocycles. The lowest BCUT2D eigenvalue weighted by Gasteiger charge is -2.29. The number of halogens is 3. The van der Waals surface area contributed by atoms with Crippen molar-refractivity contribution in [2.75, 3.05) is 0 Å². The van der Waals surface area contributed by atoms with Crippen LogP contribution in [0.1, 0.15) is 63.4 Å². The maximum atomic E-state index is 13.0. The van der Waals surface area contributed by atoms with Gasteiger partial charge in [-0.15, -0.1) is 0 Å². The van der Waals surface area contributed by atoms with E-state index in [4.69, 9.17) is 0 Å². The van der Waals surface area contributed by atoms with E-state index >= 15 is 0 Å². The Labute approximate surface area is 149 Å². The number of alkyl halides is 2. The van der Waals surface area contributed by atoms with Gasteiger partial charge in [-0.2, -0.15) is 5.10 Å². The van der Waals surface area contributed by atoms with Gasteiger partial charge in [-0.05, 0) is 73.7 Å². The average Bonchev–Trinajstić information content (AvgIpc) is 3.22. The number of hydrogen-bond acceptors (Lipinski definition) is 2. The molecule has 0 aromatic carbocycles. The van der Waals surface area contributed by atoms with Crippen LogP contribution in [0.5, 0.6) is 0 Å². The first kappa shape index (κ1) is 17.8. The summed E-state index contributed by atoms with van der Waals surface area (Å²) in [5.74, 6) is 1.94. The Morgan fingerprint density at radius 1 is 1.33 bits per heavy atom. The van der Waals surface area contributed by atoms with Crippen LogP contribution in [0.25, 0.3) is 0 Å². The van der Waals surface area contributed by atoms with Gasteiger partial charge in [0, 0.05) is 6.04 Å². The second-order valence-corrected chi connectivity index (χ2v) is 8.13. The zero-order valence-corrected chi connectivity index (χ0v) is 15.8. The van der Waals surface area contributed by atoms with E-state index < -0.39 is 12.5 Å². The predicted octanol–water partition coefficient (Wildman–Crippen LogP) is 4.39. The van der Waals surface area contributed by atoms with Crippen molar-refractivity contribution in [2.24, 2.45) is 17.8 Å². The van der Waals surface area contributed by atoms with Gasteiger partial charge in [0.1, 0.15) is 11.7 Å². The van der Waals surface area contributed by atoms with Gasteiger partial charge < -0.3 is 5.32 Å². The molecule has 2 fully saturated rings. The molecule has 2 aliphatic carbocycles. The molecule has 1 N–H and O–H groups in total. The molecule has 0 unspecified atom stereocenters. The van der Waals surface area contributed by atoms with Crippen molar-refractivity contribution in [3.05, 3.63) is 15.9 Å². The van der Waals surface area contributed by atoms with Gasteiger partial charge in [-0.3, -0.25) is 9.48 Å². The molecule has 1 amide bonds. The average molecular weight is 404 g/mol. The predicted molar refractivity (Wildman–Crippen MR) is 90.9 cm³/mol. The van der Waals surface area contributed by atoms with E-state index in [-0.39, 0.29) is 22.1 Å². The van der Waals surface area contributed by atoms with Crippen LogP contribution in [0, 0.1) is 24.7 Å². The van der Waals surface area contributed by atoms with E-state index in [1.54, 1.807) is 13.8 Å². The van der Waals surface area contributed by atoms with Crippen molar-refractivity contribution < 1.29 is 13.6 Å². The fourth-order valence-electron chi connectivity index (χ4n) is 4.51. The highest BCUT2D eigenvalue weighted by molar-refractivity contribution is 9.10. The molecule has 4 nitrogen and oxygen atoms in total. The van der Waals surface area contributed by atoms with Crippen molar-refractivity contribution >= 4 is 21.8 Å². The Morgan fingerprint density at radius 3 is 2.54 bits per heavy atom. The number of amides is 1. The number of rotatable bonds is 5. The second kappa shape index (κ2) is 6.73. The molecular weight excluding hydrogens is 380 g/mol. The van der Waals surface area contributed by atoms with Gasteiger partial charge in [-0.1, -0.05) is 6.42 Å². The highest BCUT2D eigenvalue weighted by atomic mass is 79.9. The number of carbonyl (C=O) groups excluding carboxylic acids is 1. The van der Waals surface area contributed by atoms with Crippen LogP contribution in [0.3, 0.4) is 0 Å². The lowest BCUT2D eigenvalue weighted by molar-refractivity contribution is -0.125. The van der Waals surface area contributed by atoms with Crippen LogP contribution in [0.15, 0.2) is 4.47 Å². The SMILES string of the molecule is Cc1c(Br)c(C(F)F)nn1[C@H](C)C(=O)N[C@@H](C)[C@@H]1C[C@@H]2CC[C@@H]1C2. The maximum Gasteiger partial charge on any atom is 0.283 e. The quantitative estimate of drug-likeness (QED) is 0.791. The van der Waals surface area contributed by atoms with Gasteiger partial charge in [0.15, 0.2) is 0 Å². The molecule has 7 heteroatoms. The third-order valence-corrected chi connectivity index (χ3v) is 6.84.